The third kappa shape index (κ3) is 4.81. The van der Waals surface area contributed by atoms with Gasteiger partial charge in [-0.05, 0) is 33.6 Å². The van der Waals surface area contributed by atoms with Crippen molar-refractivity contribution < 1.29 is 19.4 Å². The summed E-state index contributed by atoms with van der Waals surface area (Å²) in [6.07, 6.45) is 0.815. The summed E-state index contributed by atoms with van der Waals surface area (Å²) >= 11 is 0. The zero-order valence-corrected chi connectivity index (χ0v) is 10.2. The molecule has 0 unspecified atom stereocenters. The van der Waals surface area contributed by atoms with Crippen molar-refractivity contribution in [2.75, 3.05) is 13.2 Å². The Morgan fingerprint density at radius 1 is 1.56 bits per heavy atom. The number of rotatable bonds is 2. The fourth-order valence-electron chi connectivity index (χ4n) is 1.61. The van der Waals surface area contributed by atoms with E-state index in [-0.39, 0.29) is 18.8 Å². The van der Waals surface area contributed by atoms with Crippen LogP contribution in [-0.4, -0.2) is 42.2 Å². The number of amides is 1. The van der Waals surface area contributed by atoms with Gasteiger partial charge in [0.1, 0.15) is 5.60 Å². The van der Waals surface area contributed by atoms with Gasteiger partial charge in [-0.3, -0.25) is 0 Å². The van der Waals surface area contributed by atoms with Gasteiger partial charge in [-0.1, -0.05) is 0 Å². The molecule has 1 amide bonds. The minimum Gasteiger partial charge on any atom is -0.444 e. The minimum atomic E-state index is -0.481. The van der Waals surface area contributed by atoms with E-state index >= 15 is 0 Å². The van der Waals surface area contributed by atoms with Crippen LogP contribution in [0.15, 0.2) is 0 Å². The molecular formula is C11H21NO4. The van der Waals surface area contributed by atoms with Crippen molar-refractivity contribution in [1.82, 2.24) is 5.32 Å². The summed E-state index contributed by atoms with van der Waals surface area (Å²) in [6.45, 7) is 6.03. The summed E-state index contributed by atoms with van der Waals surface area (Å²) in [5, 5.41) is 11.7. The third-order valence-corrected chi connectivity index (χ3v) is 2.29. The first-order chi connectivity index (χ1) is 7.40. The van der Waals surface area contributed by atoms with Crippen molar-refractivity contribution in [2.45, 2.75) is 51.4 Å². The normalized spacial score (nSPS) is 26.2. The molecule has 1 aliphatic heterocycles. The van der Waals surface area contributed by atoms with E-state index in [9.17, 15) is 4.79 Å². The molecule has 5 heteroatoms. The van der Waals surface area contributed by atoms with Gasteiger partial charge < -0.3 is 19.9 Å². The highest BCUT2D eigenvalue weighted by atomic mass is 16.6. The first-order valence-corrected chi connectivity index (χ1v) is 5.62. The number of carbonyl (C=O) groups is 1. The maximum Gasteiger partial charge on any atom is 0.407 e. The molecule has 0 radical (unpaired) electrons. The largest absolute Gasteiger partial charge is 0.444 e. The molecule has 2 N–H and O–H groups in total. The molecule has 0 saturated carbocycles. The zero-order valence-electron chi connectivity index (χ0n) is 10.2. The molecular weight excluding hydrogens is 210 g/mol. The number of nitrogens with one attached hydrogen (secondary N) is 1. The average Bonchev–Trinajstić information content (AvgIpc) is 2.15. The second-order valence-electron chi connectivity index (χ2n) is 5.04. The molecule has 0 aromatic rings. The van der Waals surface area contributed by atoms with Crippen LogP contribution in [0.4, 0.5) is 4.79 Å². The number of carbonyl (C=O) groups excluding carboxylic acids is 1. The van der Waals surface area contributed by atoms with Crippen LogP contribution in [0.25, 0.3) is 0 Å². The lowest BCUT2D eigenvalue weighted by Crippen LogP contribution is -2.44. The van der Waals surface area contributed by atoms with Crippen LogP contribution in [-0.2, 0) is 9.47 Å². The van der Waals surface area contributed by atoms with Gasteiger partial charge in [0.2, 0.25) is 0 Å². The summed E-state index contributed by atoms with van der Waals surface area (Å²) in [7, 11) is 0. The average molecular weight is 231 g/mol. The van der Waals surface area contributed by atoms with Gasteiger partial charge in [-0.2, -0.15) is 0 Å². The first-order valence-electron chi connectivity index (χ1n) is 5.62. The Labute approximate surface area is 96.1 Å². The molecule has 0 aliphatic carbocycles. The van der Waals surface area contributed by atoms with Crippen molar-refractivity contribution in [2.24, 2.45) is 0 Å². The van der Waals surface area contributed by atoms with Crippen LogP contribution in [0.1, 0.15) is 33.6 Å². The van der Waals surface area contributed by atoms with Gasteiger partial charge in [0.15, 0.2) is 0 Å². The van der Waals surface area contributed by atoms with Crippen molar-refractivity contribution in [3.63, 3.8) is 0 Å². The molecule has 1 rings (SSSR count). The summed E-state index contributed by atoms with van der Waals surface area (Å²) in [5.41, 5.74) is -0.481. The molecule has 1 aliphatic rings. The Bertz CT molecular complexity index is 237. The number of aliphatic hydroxyl groups is 1. The van der Waals surface area contributed by atoms with E-state index < -0.39 is 11.7 Å². The lowest BCUT2D eigenvalue weighted by molar-refractivity contribution is -0.0304. The Kier molecular flexibility index (Phi) is 4.56. The number of hydrogen-bond acceptors (Lipinski definition) is 4. The van der Waals surface area contributed by atoms with E-state index in [2.05, 4.69) is 5.32 Å². The number of aliphatic hydroxyl groups excluding tert-OH is 1. The summed E-state index contributed by atoms with van der Waals surface area (Å²) in [5.74, 6) is 0. The Hall–Kier alpha value is -0.810. The summed E-state index contributed by atoms with van der Waals surface area (Å²) in [4.78, 5) is 11.5. The molecule has 5 nitrogen and oxygen atoms in total. The molecule has 0 spiro atoms. The second kappa shape index (κ2) is 5.50. The van der Waals surface area contributed by atoms with Crippen molar-refractivity contribution in [3.8, 4) is 0 Å². The second-order valence-corrected chi connectivity index (χ2v) is 5.04. The molecule has 1 saturated heterocycles. The van der Waals surface area contributed by atoms with Crippen molar-refractivity contribution in [1.29, 1.82) is 0 Å². The summed E-state index contributed by atoms with van der Waals surface area (Å²) in [6, 6.07) is 0.0285. The fraction of sp³-hybridized carbons (Fsp3) is 0.909. The predicted molar refractivity (Wildman–Crippen MR) is 59.2 cm³/mol. The van der Waals surface area contributed by atoms with Crippen molar-refractivity contribution >= 4 is 6.09 Å². The van der Waals surface area contributed by atoms with Crippen molar-refractivity contribution in [3.05, 3.63) is 0 Å². The Balaban J connectivity index is 2.33. The Morgan fingerprint density at radius 3 is 2.81 bits per heavy atom. The van der Waals surface area contributed by atoms with Gasteiger partial charge in [0.05, 0.1) is 12.7 Å². The monoisotopic (exact) mass is 231 g/mol. The number of alkyl carbamates (subject to hydrolysis) is 1. The standard InChI is InChI=1S/C11H21NO4/c1-11(2,3)16-10(14)12-8-4-5-15-9(6-8)7-13/h8-9,13H,4-7H2,1-3H3,(H,12,14)/t8-,9-/m1/s1. The Morgan fingerprint density at radius 2 is 2.25 bits per heavy atom. The molecule has 1 fully saturated rings. The smallest absolute Gasteiger partial charge is 0.407 e. The molecule has 2 atom stereocenters. The van der Waals surface area contributed by atoms with Crippen LogP contribution < -0.4 is 5.32 Å². The van der Waals surface area contributed by atoms with Crippen LogP contribution >= 0.6 is 0 Å². The van der Waals surface area contributed by atoms with E-state index in [1.54, 1.807) is 0 Å². The maximum absolute atomic E-state index is 11.5. The zero-order chi connectivity index (χ0) is 12.2. The van der Waals surface area contributed by atoms with Gasteiger partial charge in [0, 0.05) is 12.6 Å². The number of ether oxygens (including phenoxy) is 2. The van der Waals surface area contributed by atoms with E-state index in [1.807, 2.05) is 20.8 Å². The van der Waals surface area contributed by atoms with Crippen LogP contribution in [0.5, 0.6) is 0 Å². The fourth-order valence-corrected chi connectivity index (χ4v) is 1.61. The molecule has 16 heavy (non-hydrogen) atoms. The quantitative estimate of drug-likeness (QED) is 0.745. The minimum absolute atomic E-state index is 0.00744. The van der Waals surface area contributed by atoms with Crippen LogP contribution in [0.2, 0.25) is 0 Å². The van der Waals surface area contributed by atoms with E-state index in [1.165, 1.54) is 0 Å². The highest BCUT2D eigenvalue weighted by Crippen LogP contribution is 2.14. The summed E-state index contributed by atoms with van der Waals surface area (Å²) < 4.78 is 10.5. The van der Waals surface area contributed by atoms with Crippen LogP contribution in [0.3, 0.4) is 0 Å². The third-order valence-electron chi connectivity index (χ3n) is 2.29. The highest BCUT2D eigenvalue weighted by Gasteiger charge is 2.25. The van der Waals surface area contributed by atoms with Gasteiger partial charge in [-0.25, -0.2) is 4.79 Å². The molecule has 0 aromatic carbocycles. The van der Waals surface area contributed by atoms with Gasteiger partial charge in [0.25, 0.3) is 0 Å². The molecule has 1 heterocycles. The predicted octanol–water partition coefficient (Wildman–Crippen LogP) is 1.05. The number of hydrogen-bond donors (Lipinski definition) is 2. The van der Waals surface area contributed by atoms with Crippen LogP contribution in [0, 0.1) is 0 Å². The lowest BCUT2D eigenvalue weighted by atomic mass is 10.0. The molecule has 0 aromatic heterocycles. The lowest BCUT2D eigenvalue weighted by Gasteiger charge is -2.30. The van der Waals surface area contributed by atoms with E-state index in [0.717, 1.165) is 6.42 Å². The van der Waals surface area contributed by atoms with Gasteiger partial charge >= 0.3 is 6.09 Å². The van der Waals surface area contributed by atoms with E-state index in [0.29, 0.717) is 13.0 Å². The highest BCUT2D eigenvalue weighted by molar-refractivity contribution is 5.68. The molecule has 0 bridgehead atoms. The first kappa shape index (κ1) is 13.3. The SMILES string of the molecule is CC(C)(C)OC(=O)N[C@@H]1CCO[C@@H](CO)C1. The topological polar surface area (TPSA) is 67.8 Å². The maximum atomic E-state index is 11.5. The van der Waals surface area contributed by atoms with Gasteiger partial charge in [-0.15, -0.1) is 0 Å². The molecule has 94 valence electrons. The van der Waals surface area contributed by atoms with E-state index in [4.69, 9.17) is 14.6 Å².